The molecule has 0 fully saturated rings. The van der Waals surface area contributed by atoms with Gasteiger partial charge in [0.05, 0.1) is 10.6 Å². The highest BCUT2D eigenvalue weighted by Crippen LogP contribution is 2.33. The molecule has 21 heavy (non-hydrogen) atoms. The van der Waals surface area contributed by atoms with Crippen molar-refractivity contribution in [2.75, 3.05) is 17.7 Å². The van der Waals surface area contributed by atoms with Crippen LogP contribution in [0.4, 0.5) is 11.8 Å². The van der Waals surface area contributed by atoms with Crippen LogP contribution in [0, 0.1) is 11.3 Å². The minimum absolute atomic E-state index is 0.0227. The van der Waals surface area contributed by atoms with Gasteiger partial charge in [-0.1, -0.05) is 0 Å². The van der Waals surface area contributed by atoms with Crippen molar-refractivity contribution >= 4 is 21.6 Å². The quantitative estimate of drug-likeness (QED) is 0.714. The summed E-state index contributed by atoms with van der Waals surface area (Å²) in [6.45, 7) is 0. The highest BCUT2D eigenvalue weighted by atomic mass is 32.2. The molecule has 0 unspecified atom stereocenters. The van der Waals surface area contributed by atoms with E-state index in [9.17, 15) is 13.5 Å². The van der Waals surface area contributed by atoms with Gasteiger partial charge in [0.15, 0.2) is 9.84 Å². The maximum absolute atomic E-state index is 11.6. The highest BCUT2D eigenvalue weighted by molar-refractivity contribution is 7.90. The van der Waals surface area contributed by atoms with Crippen LogP contribution in [0.3, 0.4) is 0 Å². The number of nitriles is 1. The number of rotatable bonds is 2. The van der Waals surface area contributed by atoms with Crippen LogP contribution in [0.2, 0.25) is 0 Å². The molecule has 0 saturated heterocycles. The van der Waals surface area contributed by atoms with E-state index in [1.165, 1.54) is 18.2 Å². The van der Waals surface area contributed by atoms with Crippen molar-refractivity contribution in [2.24, 2.45) is 0 Å². The zero-order chi connectivity index (χ0) is 15.8. The fourth-order valence-corrected chi connectivity index (χ4v) is 2.38. The number of nitrogens with zero attached hydrogens (tertiary/aromatic N) is 3. The highest BCUT2D eigenvalue weighted by Gasteiger charge is 2.18. The van der Waals surface area contributed by atoms with Crippen molar-refractivity contribution in [3.8, 4) is 23.1 Å². The smallest absolute Gasteiger partial charge is 0.222 e. The van der Waals surface area contributed by atoms with E-state index < -0.39 is 9.84 Å². The van der Waals surface area contributed by atoms with Gasteiger partial charge < -0.3 is 16.6 Å². The molecule has 5 N–H and O–H groups in total. The van der Waals surface area contributed by atoms with Gasteiger partial charge in [0.1, 0.15) is 23.2 Å². The van der Waals surface area contributed by atoms with Crippen LogP contribution in [-0.4, -0.2) is 29.7 Å². The van der Waals surface area contributed by atoms with Gasteiger partial charge in [-0.2, -0.15) is 10.2 Å². The molecule has 0 atom stereocenters. The Labute approximate surface area is 120 Å². The Hall–Kier alpha value is -2.86. The lowest BCUT2D eigenvalue weighted by Gasteiger charge is -2.09. The van der Waals surface area contributed by atoms with E-state index in [2.05, 4.69) is 9.97 Å². The van der Waals surface area contributed by atoms with Gasteiger partial charge in [0.2, 0.25) is 5.95 Å². The van der Waals surface area contributed by atoms with Gasteiger partial charge in [-0.25, -0.2) is 13.4 Å². The lowest BCUT2D eigenvalue weighted by Crippen LogP contribution is -2.05. The first-order chi connectivity index (χ1) is 9.74. The first-order valence-corrected chi connectivity index (χ1v) is 7.49. The van der Waals surface area contributed by atoms with E-state index in [0.29, 0.717) is 0 Å². The topological polar surface area (TPSA) is 156 Å². The van der Waals surface area contributed by atoms with Crippen LogP contribution in [0.25, 0.3) is 11.3 Å². The number of benzene rings is 1. The Morgan fingerprint density at radius 2 is 1.95 bits per heavy atom. The number of hydrogen-bond acceptors (Lipinski definition) is 8. The van der Waals surface area contributed by atoms with Gasteiger partial charge in [-0.05, 0) is 18.2 Å². The normalized spacial score (nSPS) is 11.0. The Morgan fingerprint density at radius 3 is 2.52 bits per heavy atom. The van der Waals surface area contributed by atoms with Crippen molar-refractivity contribution in [2.45, 2.75) is 4.90 Å². The lowest BCUT2D eigenvalue weighted by atomic mass is 10.1. The largest absolute Gasteiger partial charge is 0.507 e. The summed E-state index contributed by atoms with van der Waals surface area (Å²) >= 11 is 0. The monoisotopic (exact) mass is 305 g/mol. The molecule has 108 valence electrons. The van der Waals surface area contributed by atoms with Crippen LogP contribution in [0.1, 0.15) is 5.56 Å². The van der Waals surface area contributed by atoms with Crippen molar-refractivity contribution in [1.82, 2.24) is 9.97 Å². The molecule has 0 bridgehead atoms. The maximum atomic E-state index is 11.6. The van der Waals surface area contributed by atoms with Crippen LogP contribution in [-0.2, 0) is 9.84 Å². The van der Waals surface area contributed by atoms with Crippen LogP contribution < -0.4 is 11.5 Å². The van der Waals surface area contributed by atoms with Crippen molar-refractivity contribution in [1.29, 1.82) is 5.26 Å². The molecular formula is C12H11N5O3S. The molecule has 0 saturated carbocycles. The Morgan fingerprint density at radius 1 is 1.29 bits per heavy atom. The summed E-state index contributed by atoms with van der Waals surface area (Å²) in [6, 6.07) is 5.45. The third kappa shape index (κ3) is 2.70. The second kappa shape index (κ2) is 4.92. The number of aromatic nitrogens is 2. The van der Waals surface area contributed by atoms with Gasteiger partial charge >= 0.3 is 0 Å². The van der Waals surface area contributed by atoms with E-state index >= 15 is 0 Å². The van der Waals surface area contributed by atoms with Gasteiger partial charge in [0, 0.05) is 11.8 Å². The number of phenolic OH excluding ortho intramolecular Hbond substituents is 1. The summed E-state index contributed by atoms with van der Waals surface area (Å²) in [6.07, 6.45) is 1.02. The average Bonchev–Trinajstić information content (AvgIpc) is 2.37. The molecule has 1 aromatic heterocycles. The summed E-state index contributed by atoms with van der Waals surface area (Å²) in [5.41, 5.74) is 11.0. The molecular weight excluding hydrogens is 294 g/mol. The van der Waals surface area contributed by atoms with E-state index in [4.69, 9.17) is 16.7 Å². The Bertz CT molecular complexity index is 871. The van der Waals surface area contributed by atoms with E-state index in [1.807, 2.05) is 6.07 Å². The molecule has 1 aromatic carbocycles. The molecule has 9 heteroatoms. The molecule has 8 nitrogen and oxygen atoms in total. The number of aromatic hydroxyl groups is 1. The SMILES string of the molecule is CS(=O)(=O)c1ccc(O)c(-c2nc(N)nc(N)c2C#N)c1. The number of anilines is 2. The number of phenols is 1. The zero-order valence-corrected chi connectivity index (χ0v) is 11.7. The molecule has 2 rings (SSSR count). The molecule has 0 radical (unpaired) electrons. The second-order valence-electron chi connectivity index (χ2n) is 4.25. The van der Waals surface area contributed by atoms with Crippen molar-refractivity contribution in [3.05, 3.63) is 23.8 Å². The van der Waals surface area contributed by atoms with E-state index in [-0.39, 0.29) is 39.2 Å². The average molecular weight is 305 g/mol. The van der Waals surface area contributed by atoms with E-state index in [1.54, 1.807) is 0 Å². The molecule has 1 heterocycles. The number of nitrogen functional groups attached to an aromatic ring is 2. The second-order valence-corrected chi connectivity index (χ2v) is 6.27. The Balaban J connectivity index is 2.82. The molecule has 0 spiro atoms. The van der Waals surface area contributed by atoms with Gasteiger partial charge in [0.25, 0.3) is 0 Å². The van der Waals surface area contributed by atoms with Crippen LogP contribution >= 0.6 is 0 Å². The Kier molecular flexibility index (Phi) is 3.40. The number of nitrogens with two attached hydrogens (primary N) is 2. The summed E-state index contributed by atoms with van der Waals surface area (Å²) in [5, 5.41) is 19.0. The maximum Gasteiger partial charge on any atom is 0.222 e. The summed E-state index contributed by atoms with van der Waals surface area (Å²) in [7, 11) is -3.49. The number of hydrogen-bond donors (Lipinski definition) is 3. The lowest BCUT2D eigenvalue weighted by molar-refractivity contribution is 0.476. The van der Waals surface area contributed by atoms with Crippen LogP contribution in [0.15, 0.2) is 23.1 Å². The predicted octanol–water partition coefficient (Wildman–Crippen LogP) is 0.289. The third-order valence-corrected chi connectivity index (χ3v) is 3.83. The zero-order valence-electron chi connectivity index (χ0n) is 10.9. The van der Waals surface area contributed by atoms with Crippen molar-refractivity contribution in [3.63, 3.8) is 0 Å². The fraction of sp³-hybridized carbons (Fsp3) is 0.0833. The van der Waals surface area contributed by atoms with Gasteiger partial charge in [-0.15, -0.1) is 0 Å². The third-order valence-electron chi connectivity index (χ3n) is 2.72. The molecule has 0 amide bonds. The summed E-state index contributed by atoms with van der Waals surface area (Å²) in [4.78, 5) is 7.49. The van der Waals surface area contributed by atoms with Crippen LogP contribution in [0.5, 0.6) is 5.75 Å². The number of sulfone groups is 1. The fourth-order valence-electron chi connectivity index (χ4n) is 1.74. The van der Waals surface area contributed by atoms with E-state index in [0.717, 1.165) is 6.26 Å². The standard InChI is InChI=1S/C12H11N5O3S/c1-21(19,20)6-2-3-9(18)7(4-6)10-8(5-13)11(14)17-12(15)16-10/h2-4,18H,1H3,(H4,14,15,16,17). The minimum Gasteiger partial charge on any atom is -0.507 e. The predicted molar refractivity (Wildman–Crippen MR) is 75.8 cm³/mol. The molecule has 0 aliphatic heterocycles. The minimum atomic E-state index is -3.49. The molecule has 2 aromatic rings. The molecule has 0 aliphatic rings. The summed E-state index contributed by atoms with van der Waals surface area (Å²) < 4.78 is 23.2. The van der Waals surface area contributed by atoms with Gasteiger partial charge in [-0.3, -0.25) is 0 Å². The first kappa shape index (κ1) is 14.5. The van der Waals surface area contributed by atoms with Crippen molar-refractivity contribution < 1.29 is 13.5 Å². The molecule has 0 aliphatic carbocycles. The summed E-state index contributed by atoms with van der Waals surface area (Å²) in [5.74, 6) is -0.591. The first-order valence-electron chi connectivity index (χ1n) is 5.60.